The van der Waals surface area contributed by atoms with Crippen molar-refractivity contribution in [3.05, 3.63) is 48.5 Å². The number of hydrogen-bond acceptors (Lipinski definition) is 7. The van der Waals surface area contributed by atoms with Gasteiger partial charge in [-0.2, -0.15) is 0 Å². The molecule has 164 valence electrons. The van der Waals surface area contributed by atoms with Gasteiger partial charge in [0, 0.05) is 13.1 Å². The number of amides is 1. The first-order chi connectivity index (χ1) is 15.0. The lowest BCUT2D eigenvalue weighted by Crippen LogP contribution is -2.49. The van der Waals surface area contributed by atoms with Gasteiger partial charge in [0.05, 0.1) is 23.4 Å². The highest BCUT2D eigenvalue weighted by Gasteiger charge is 2.33. The molecule has 1 amide bonds. The maximum absolute atomic E-state index is 12.5. The van der Waals surface area contributed by atoms with Gasteiger partial charge in [-0.15, -0.1) is 0 Å². The Morgan fingerprint density at radius 1 is 1.16 bits per heavy atom. The summed E-state index contributed by atoms with van der Waals surface area (Å²) in [7, 11) is 0. The number of aliphatic hydroxyl groups is 1. The summed E-state index contributed by atoms with van der Waals surface area (Å²) in [6.45, 7) is 4.36. The number of para-hydroxylation sites is 1. The van der Waals surface area contributed by atoms with Crippen LogP contribution in [0.2, 0.25) is 0 Å². The van der Waals surface area contributed by atoms with Crippen molar-refractivity contribution >= 4 is 32.6 Å². The van der Waals surface area contributed by atoms with Crippen molar-refractivity contribution in [1.29, 1.82) is 0 Å². The Kier molecular flexibility index (Phi) is 6.70. The lowest BCUT2D eigenvalue weighted by Gasteiger charge is -2.37. The Hall–Kier alpha value is -2.68. The van der Waals surface area contributed by atoms with Gasteiger partial charge in [0.25, 0.3) is 0 Å². The first-order valence-electron chi connectivity index (χ1n) is 10.5. The van der Waals surface area contributed by atoms with Gasteiger partial charge in [-0.25, -0.2) is 4.98 Å². The summed E-state index contributed by atoms with van der Waals surface area (Å²) in [6.07, 6.45) is 1.13. The molecule has 8 heteroatoms. The number of anilines is 1. The highest BCUT2D eigenvalue weighted by Crippen LogP contribution is 2.29. The van der Waals surface area contributed by atoms with Gasteiger partial charge in [-0.1, -0.05) is 29.5 Å². The Labute approximate surface area is 185 Å². The molecule has 3 aromatic rings. The smallest absolute Gasteiger partial charge is 0.240 e. The van der Waals surface area contributed by atoms with E-state index < -0.39 is 5.60 Å². The second-order valence-electron chi connectivity index (χ2n) is 7.73. The third-order valence-electron chi connectivity index (χ3n) is 5.32. The van der Waals surface area contributed by atoms with Crippen LogP contribution in [-0.4, -0.2) is 59.3 Å². The first-order valence-corrected chi connectivity index (χ1v) is 11.3. The molecule has 4 rings (SSSR count). The third kappa shape index (κ3) is 5.72. The maximum Gasteiger partial charge on any atom is 0.240 e. The summed E-state index contributed by atoms with van der Waals surface area (Å²) in [5.74, 6) is 1.45. The summed E-state index contributed by atoms with van der Waals surface area (Å²) >= 11 is 1.43. The van der Waals surface area contributed by atoms with Crippen LogP contribution in [0.4, 0.5) is 5.13 Å². The normalized spacial score (nSPS) is 16.2. The van der Waals surface area contributed by atoms with Crippen LogP contribution >= 0.6 is 11.3 Å². The molecular weight excluding hydrogens is 414 g/mol. The van der Waals surface area contributed by atoms with Gasteiger partial charge >= 0.3 is 0 Å². The van der Waals surface area contributed by atoms with Crippen LogP contribution in [0.25, 0.3) is 10.2 Å². The zero-order valence-electron chi connectivity index (χ0n) is 17.5. The number of nitrogens with zero attached hydrogens (tertiary/aromatic N) is 2. The zero-order valence-corrected chi connectivity index (χ0v) is 18.4. The Balaban J connectivity index is 1.25. The van der Waals surface area contributed by atoms with Gasteiger partial charge in [0.2, 0.25) is 5.91 Å². The second-order valence-corrected chi connectivity index (χ2v) is 8.76. The van der Waals surface area contributed by atoms with Crippen molar-refractivity contribution in [2.75, 3.05) is 38.2 Å². The molecule has 7 nitrogen and oxygen atoms in total. The van der Waals surface area contributed by atoms with Gasteiger partial charge in [0.15, 0.2) is 5.13 Å². The minimum Gasteiger partial charge on any atom is -0.494 e. The van der Waals surface area contributed by atoms with Crippen LogP contribution < -0.4 is 14.8 Å². The minimum atomic E-state index is -0.867. The second kappa shape index (κ2) is 9.64. The number of piperidine rings is 1. The van der Waals surface area contributed by atoms with Crippen LogP contribution in [0.5, 0.6) is 11.5 Å². The molecule has 1 fully saturated rings. The van der Waals surface area contributed by atoms with E-state index in [0.29, 0.717) is 37.7 Å². The average molecular weight is 442 g/mol. The van der Waals surface area contributed by atoms with Crippen LogP contribution in [0, 0.1) is 0 Å². The molecule has 0 aliphatic carbocycles. The summed E-state index contributed by atoms with van der Waals surface area (Å²) in [6, 6.07) is 15.2. The number of thiazole rings is 1. The van der Waals surface area contributed by atoms with Gasteiger partial charge in [0.1, 0.15) is 23.7 Å². The quantitative estimate of drug-likeness (QED) is 0.556. The van der Waals surface area contributed by atoms with E-state index in [1.165, 1.54) is 11.3 Å². The van der Waals surface area contributed by atoms with Crippen LogP contribution in [0.3, 0.4) is 0 Å². The predicted molar refractivity (Wildman–Crippen MR) is 122 cm³/mol. The molecule has 0 radical (unpaired) electrons. The molecular formula is C23H27N3O4S. The molecule has 2 heterocycles. The molecule has 2 N–H and O–H groups in total. The number of carbonyl (C=O) groups excluding carboxylic acids is 1. The lowest BCUT2D eigenvalue weighted by molar-refractivity contribution is -0.119. The van der Waals surface area contributed by atoms with E-state index in [0.717, 1.165) is 21.7 Å². The highest BCUT2D eigenvalue weighted by molar-refractivity contribution is 7.22. The highest BCUT2D eigenvalue weighted by atomic mass is 32.1. The number of aromatic nitrogens is 1. The molecule has 0 unspecified atom stereocenters. The van der Waals surface area contributed by atoms with Crippen LogP contribution in [0.1, 0.15) is 19.8 Å². The maximum atomic E-state index is 12.5. The zero-order chi connectivity index (χ0) is 21.7. The molecule has 1 aliphatic heterocycles. The fourth-order valence-corrected chi connectivity index (χ4v) is 4.49. The van der Waals surface area contributed by atoms with E-state index in [1.54, 1.807) is 0 Å². The van der Waals surface area contributed by atoms with E-state index in [9.17, 15) is 9.90 Å². The predicted octanol–water partition coefficient (Wildman–Crippen LogP) is 3.54. The SMILES string of the molecule is CCOc1ccc2nc(NC(=O)CN3CCC(O)(COc4ccccc4)CC3)sc2c1. The van der Waals surface area contributed by atoms with E-state index in [-0.39, 0.29) is 19.1 Å². The van der Waals surface area contributed by atoms with Crippen molar-refractivity contribution < 1.29 is 19.4 Å². The summed E-state index contributed by atoms with van der Waals surface area (Å²) < 4.78 is 12.2. The number of ether oxygens (including phenoxy) is 2. The monoisotopic (exact) mass is 441 g/mol. The van der Waals surface area contributed by atoms with Gasteiger partial charge < -0.3 is 19.9 Å². The molecule has 2 aromatic carbocycles. The summed E-state index contributed by atoms with van der Waals surface area (Å²) in [4.78, 5) is 19.0. The number of nitrogens with one attached hydrogen (secondary N) is 1. The van der Waals surface area contributed by atoms with Crippen molar-refractivity contribution in [2.45, 2.75) is 25.4 Å². The molecule has 1 saturated heterocycles. The number of hydrogen-bond donors (Lipinski definition) is 2. The van der Waals surface area contributed by atoms with E-state index in [4.69, 9.17) is 9.47 Å². The fraction of sp³-hybridized carbons (Fsp3) is 0.391. The number of benzene rings is 2. The third-order valence-corrected chi connectivity index (χ3v) is 6.26. The largest absolute Gasteiger partial charge is 0.494 e. The molecule has 1 aromatic heterocycles. The van der Waals surface area contributed by atoms with E-state index >= 15 is 0 Å². The number of carbonyl (C=O) groups is 1. The topological polar surface area (TPSA) is 83.9 Å². The molecule has 0 spiro atoms. The van der Waals surface area contributed by atoms with Gasteiger partial charge in [-0.3, -0.25) is 9.69 Å². The first kappa shape index (κ1) is 21.5. The van der Waals surface area contributed by atoms with Crippen molar-refractivity contribution in [2.24, 2.45) is 0 Å². The molecule has 1 aliphatic rings. The molecule has 0 saturated carbocycles. The molecule has 31 heavy (non-hydrogen) atoms. The fourth-order valence-electron chi connectivity index (χ4n) is 3.58. The number of fused-ring (bicyclic) bond motifs is 1. The minimum absolute atomic E-state index is 0.102. The van der Waals surface area contributed by atoms with Crippen molar-refractivity contribution in [3.8, 4) is 11.5 Å². The number of likely N-dealkylation sites (tertiary alicyclic amines) is 1. The standard InChI is InChI=1S/C23H27N3O4S/c1-2-29-18-8-9-19-20(14-18)31-22(24-19)25-21(27)15-26-12-10-23(28,11-13-26)16-30-17-6-4-3-5-7-17/h3-9,14,28H,2,10-13,15-16H2,1H3,(H,24,25,27). The average Bonchev–Trinajstić information content (AvgIpc) is 3.16. The lowest BCUT2D eigenvalue weighted by atomic mass is 9.92. The summed E-state index contributed by atoms with van der Waals surface area (Å²) in [5.41, 5.74) is -0.0288. The van der Waals surface area contributed by atoms with Crippen LogP contribution in [0.15, 0.2) is 48.5 Å². The Morgan fingerprint density at radius 3 is 2.68 bits per heavy atom. The molecule has 0 atom stereocenters. The van der Waals surface area contributed by atoms with Crippen molar-refractivity contribution in [3.63, 3.8) is 0 Å². The van der Waals surface area contributed by atoms with Crippen LogP contribution in [-0.2, 0) is 4.79 Å². The van der Waals surface area contributed by atoms with Gasteiger partial charge in [-0.05, 0) is 50.1 Å². The summed E-state index contributed by atoms with van der Waals surface area (Å²) in [5, 5.41) is 14.3. The Bertz CT molecular complexity index is 1020. The molecule has 0 bridgehead atoms. The number of rotatable bonds is 8. The van der Waals surface area contributed by atoms with E-state index in [1.807, 2.05) is 60.4 Å². The van der Waals surface area contributed by atoms with Crippen molar-refractivity contribution in [1.82, 2.24) is 9.88 Å². The van der Waals surface area contributed by atoms with E-state index in [2.05, 4.69) is 10.3 Å². The Morgan fingerprint density at radius 2 is 1.94 bits per heavy atom.